The zero-order chi connectivity index (χ0) is 30.2. The van der Waals surface area contributed by atoms with Crippen molar-refractivity contribution in [3.8, 4) is 16.9 Å². The Morgan fingerprint density at radius 2 is 1.98 bits per heavy atom. The van der Waals surface area contributed by atoms with Gasteiger partial charge in [-0.15, -0.1) is 6.58 Å². The van der Waals surface area contributed by atoms with Gasteiger partial charge in [-0.05, 0) is 81.0 Å². The summed E-state index contributed by atoms with van der Waals surface area (Å²) < 4.78 is 16.5. The van der Waals surface area contributed by atoms with E-state index in [1.165, 1.54) is 4.57 Å². The van der Waals surface area contributed by atoms with E-state index < -0.39 is 11.5 Å². The first kappa shape index (κ1) is 31.2. The lowest BCUT2D eigenvalue weighted by atomic mass is 10.0. The summed E-state index contributed by atoms with van der Waals surface area (Å²) >= 11 is 6.23. The lowest BCUT2D eigenvalue weighted by molar-refractivity contribution is 0.510. The van der Waals surface area contributed by atoms with Gasteiger partial charge in [-0.1, -0.05) is 29.8 Å². The second kappa shape index (κ2) is 14.4. The van der Waals surface area contributed by atoms with Crippen molar-refractivity contribution in [1.82, 2.24) is 25.2 Å². The van der Waals surface area contributed by atoms with Gasteiger partial charge in [0.05, 0.1) is 22.2 Å². The maximum Gasteiger partial charge on any atom is 0.354 e. The van der Waals surface area contributed by atoms with Crippen LogP contribution in [0.3, 0.4) is 0 Å². The molecule has 0 spiro atoms. The van der Waals surface area contributed by atoms with E-state index >= 15 is 4.39 Å². The maximum atomic E-state index is 15.1. The Labute approximate surface area is 250 Å². The highest BCUT2D eigenvalue weighted by atomic mass is 35.5. The Morgan fingerprint density at radius 1 is 1.21 bits per heavy atom. The first-order valence-electron chi connectivity index (χ1n) is 14.3. The molecule has 0 aliphatic rings. The molecule has 42 heavy (non-hydrogen) atoms. The third-order valence-electron chi connectivity index (χ3n) is 7.14. The SMILES string of the molecule is C=CCC(=N)NCCC(C)NCc1ccc(-n2cc3cc(-c4cc(CCC[C@H](C)N)cc(Cl)c4F)[nH]c3nc2=O)cc1. The molecule has 222 valence electrons. The average molecular weight is 592 g/mol. The predicted octanol–water partition coefficient (Wildman–Crippen LogP) is 5.85. The number of halogens is 2. The summed E-state index contributed by atoms with van der Waals surface area (Å²) in [5.74, 6) is -0.0440. The number of H-pyrrole nitrogens is 1. The first-order chi connectivity index (χ1) is 20.1. The minimum absolute atomic E-state index is 0.0548. The van der Waals surface area contributed by atoms with Gasteiger partial charge in [0.15, 0.2) is 5.82 Å². The van der Waals surface area contributed by atoms with Crippen molar-refractivity contribution in [3.05, 3.63) is 93.8 Å². The lowest BCUT2D eigenvalue weighted by Crippen LogP contribution is -2.31. The summed E-state index contributed by atoms with van der Waals surface area (Å²) in [5.41, 5.74) is 9.34. The van der Waals surface area contributed by atoms with E-state index in [-0.39, 0.29) is 17.1 Å². The molecular formula is C32H39ClFN7O. The number of hydrogen-bond acceptors (Lipinski definition) is 5. The second-order valence-electron chi connectivity index (χ2n) is 10.8. The van der Waals surface area contributed by atoms with Gasteiger partial charge in [0.25, 0.3) is 0 Å². The van der Waals surface area contributed by atoms with Crippen LogP contribution in [0.1, 0.15) is 50.7 Å². The summed E-state index contributed by atoms with van der Waals surface area (Å²) in [6.45, 7) is 9.12. The number of fused-ring (bicyclic) bond motifs is 1. The van der Waals surface area contributed by atoms with E-state index in [9.17, 15) is 4.79 Å². The molecule has 2 atom stereocenters. The molecule has 0 saturated heterocycles. The van der Waals surface area contributed by atoms with Crippen LogP contribution in [0.15, 0.2) is 66.1 Å². The second-order valence-corrected chi connectivity index (χ2v) is 11.2. The lowest BCUT2D eigenvalue weighted by Gasteiger charge is -2.15. The zero-order valence-electron chi connectivity index (χ0n) is 24.1. The Balaban J connectivity index is 1.46. The fourth-order valence-electron chi connectivity index (χ4n) is 4.76. The molecule has 2 aromatic heterocycles. The normalized spacial score (nSPS) is 12.8. The molecule has 2 heterocycles. The molecule has 1 unspecified atom stereocenters. The Bertz CT molecular complexity index is 1590. The van der Waals surface area contributed by atoms with Gasteiger partial charge in [0, 0.05) is 48.7 Å². The number of rotatable bonds is 14. The molecule has 0 radical (unpaired) electrons. The van der Waals surface area contributed by atoms with Crippen LogP contribution in [0.25, 0.3) is 28.0 Å². The fourth-order valence-corrected chi connectivity index (χ4v) is 5.00. The van der Waals surface area contributed by atoms with Crippen molar-refractivity contribution in [1.29, 1.82) is 5.41 Å². The maximum absolute atomic E-state index is 15.1. The number of hydrogen-bond donors (Lipinski definition) is 5. The predicted molar refractivity (Wildman–Crippen MR) is 170 cm³/mol. The van der Waals surface area contributed by atoms with Gasteiger partial charge in [0.1, 0.15) is 5.65 Å². The monoisotopic (exact) mass is 591 g/mol. The first-order valence-corrected chi connectivity index (χ1v) is 14.6. The topological polar surface area (TPSA) is 125 Å². The molecule has 10 heteroatoms. The Kier molecular flexibility index (Phi) is 10.7. The highest BCUT2D eigenvalue weighted by molar-refractivity contribution is 6.31. The number of amidine groups is 1. The summed E-state index contributed by atoms with van der Waals surface area (Å²) in [6.07, 6.45) is 7.32. The van der Waals surface area contributed by atoms with Gasteiger partial charge in [-0.25, -0.2) is 9.18 Å². The van der Waals surface area contributed by atoms with Crippen molar-refractivity contribution in [2.45, 2.75) is 64.6 Å². The largest absolute Gasteiger partial charge is 0.374 e. The van der Waals surface area contributed by atoms with E-state index in [1.807, 2.05) is 31.2 Å². The number of aromatic nitrogens is 3. The molecule has 4 rings (SSSR count). The van der Waals surface area contributed by atoms with Gasteiger partial charge >= 0.3 is 5.69 Å². The van der Waals surface area contributed by atoms with E-state index in [0.29, 0.717) is 46.8 Å². The summed E-state index contributed by atoms with van der Waals surface area (Å²) in [6, 6.07) is 13.3. The number of nitrogens with zero attached hydrogens (tertiary/aromatic N) is 2. The van der Waals surface area contributed by atoms with Gasteiger partial charge in [-0.3, -0.25) is 9.98 Å². The van der Waals surface area contributed by atoms with Crippen LogP contribution in [0.2, 0.25) is 5.02 Å². The number of nitrogens with two attached hydrogens (primary N) is 1. The molecule has 0 fully saturated rings. The van der Waals surface area contributed by atoms with Crippen LogP contribution in [0.5, 0.6) is 0 Å². The van der Waals surface area contributed by atoms with Crippen LogP contribution < -0.4 is 22.1 Å². The van der Waals surface area contributed by atoms with Gasteiger partial charge in [-0.2, -0.15) is 4.98 Å². The van der Waals surface area contributed by atoms with Crippen molar-refractivity contribution in [2.75, 3.05) is 6.54 Å². The van der Waals surface area contributed by atoms with E-state index in [1.54, 1.807) is 30.5 Å². The molecule has 2 aromatic carbocycles. The minimum atomic E-state index is -0.517. The van der Waals surface area contributed by atoms with Crippen LogP contribution >= 0.6 is 11.6 Å². The molecule has 4 aromatic rings. The van der Waals surface area contributed by atoms with E-state index in [2.05, 4.69) is 34.1 Å². The molecular weight excluding hydrogens is 553 g/mol. The van der Waals surface area contributed by atoms with Crippen LogP contribution in [-0.2, 0) is 13.0 Å². The average Bonchev–Trinajstić information content (AvgIpc) is 3.36. The molecule has 0 aliphatic heterocycles. The van der Waals surface area contributed by atoms with E-state index in [0.717, 1.165) is 43.4 Å². The number of nitrogens with one attached hydrogen (secondary N) is 4. The highest BCUT2D eigenvalue weighted by Crippen LogP contribution is 2.31. The van der Waals surface area contributed by atoms with Crippen molar-refractivity contribution < 1.29 is 4.39 Å². The molecule has 0 amide bonds. The smallest absolute Gasteiger partial charge is 0.354 e. The van der Waals surface area contributed by atoms with Gasteiger partial charge < -0.3 is 21.4 Å². The third kappa shape index (κ3) is 8.15. The van der Waals surface area contributed by atoms with Crippen LogP contribution in [0, 0.1) is 11.2 Å². The summed E-state index contributed by atoms with van der Waals surface area (Å²) in [5, 5.41) is 15.1. The number of aryl methyl sites for hydroxylation is 1. The minimum Gasteiger partial charge on any atom is -0.374 e. The van der Waals surface area contributed by atoms with Crippen molar-refractivity contribution in [2.24, 2.45) is 5.73 Å². The van der Waals surface area contributed by atoms with Crippen molar-refractivity contribution in [3.63, 3.8) is 0 Å². The van der Waals surface area contributed by atoms with E-state index in [4.69, 9.17) is 22.7 Å². The quantitative estimate of drug-likeness (QED) is 0.0714. The highest BCUT2D eigenvalue weighted by Gasteiger charge is 2.16. The number of benzene rings is 2. The molecule has 0 bridgehead atoms. The van der Waals surface area contributed by atoms with Gasteiger partial charge in [0.2, 0.25) is 0 Å². The van der Waals surface area contributed by atoms with Crippen LogP contribution in [-0.4, -0.2) is 39.0 Å². The fraction of sp³-hybridized carbons (Fsp3) is 0.344. The molecule has 8 nitrogen and oxygen atoms in total. The molecule has 0 saturated carbocycles. The van der Waals surface area contributed by atoms with Crippen LogP contribution in [0.4, 0.5) is 4.39 Å². The Morgan fingerprint density at radius 3 is 2.69 bits per heavy atom. The number of aromatic amines is 1. The van der Waals surface area contributed by atoms with Crippen molar-refractivity contribution >= 4 is 28.5 Å². The molecule has 0 aliphatic carbocycles. The molecule has 6 N–H and O–H groups in total. The summed E-state index contributed by atoms with van der Waals surface area (Å²) in [4.78, 5) is 20.2. The zero-order valence-corrected chi connectivity index (χ0v) is 24.9. The third-order valence-corrected chi connectivity index (χ3v) is 7.42. The standard InChI is InChI=1S/C32H39ClFN7O/c1-4-6-29(36)37-14-13-21(3)38-18-22-9-11-25(12-10-22)41-19-24-17-28(39-31(24)40-32(41)42)26-15-23(8-5-7-20(2)35)16-27(33)30(26)34/h4,9-12,15-17,19-21,38H,1,5-8,13-14,18,35H2,2-3H3,(H2,36,37)(H,39,40,42)/t20-,21?/m0/s1. The Hall–Kier alpha value is -3.79. The summed E-state index contributed by atoms with van der Waals surface area (Å²) in [7, 11) is 0.